The number of carbonyl (C=O) groups excluding carboxylic acids is 1. The average molecular weight is 528 g/mol. The normalized spacial score (nSPS) is 15.5. The maximum absolute atomic E-state index is 12.6. The molecule has 1 aliphatic rings. The van der Waals surface area contributed by atoms with Gasteiger partial charge in [-0.05, 0) is 79.2 Å². The molecule has 1 saturated heterocycles. The second-order valence-electron chi connectivity index (χ2n) is 7.75. The number of amides is 1. The molecular formula is C25H19Cl2N3O4S. The average Bonchev–Trinajstić information content (AvgIpc) is 3.13. The highest BCUT2D eigenvalue weighted by Crippen LogP contribution is 2.34. The van der Waals surface area contributed by atoms with E-state index in [9.17, 15) is 14.9 Å². The Labute approximate surface area is 216 Å². The van der Waals surface area contributed by atoms with Crippen LogP contribution in [0.25, 0.3) is 6.08 Å². The summed E-state index contributed by atoms with van der Waals surface area (Å²) in [7, 11) is 0. The number of nitrogens with one attached hydrogen (secondary N) is 1. The van der Waals surface area contributed by atoms with Crippen molar-refractivity contribution < 1.29 is 14.5 Å². The minimum Gasteiger partial charge on any atom is -0.488 e. The van der Waals surface area contributed by atoms with Crippen LogP contribution in [0.4, 0.5) is 11.4 Å². The van der Waals surface area contributed by atoms with Crippen LogP contribution in [0.5, 0.6) is 5.75 Å². The van der Waals surface area contributed by atoms with Gasteiger partial charge >= 0.3 is 0 Å². The SMILES string of the molecule is Cc1cc(N=C2NC(=O)/C(=C/c3cc(Cl)ccc3OCc3cccc(Cl)c3)S2)cc([N+](=O)[O-])c1C. The topological polar surface area (TPSA) is 93.8 Å². The summed E-state index contributed by atoms with van der Waals surface area (Å²) in [5.74, 6) is 0.207. The smallest absolute Gasteiger partial charge is 0.274 e. The van der Waals surface area contributed by atoms with Crippen molar-refractivity contribution in [1.29, 1.82) is 0 Å². The Bertz CT molecular complexity index is 1410. The van der Waals surface area contributed by atoms with Gasteiger partial charge in [-0.3, -0.25) is 14.9 Å². The molecule has 0 atom stereocenters. The maximum atomic E-state index is 12.6. The number of benzene rings is 3. The number of ether oxygens (including phenoxy) is 1. The molecule has 3 aromatic carbocycles. The standard InChI is InChI=1S/C25H19Cl2N3O4S/c1-14-8-20(12-21(15(14)2)30(32)33)28-25-29-24(31)23(35-25)11-17-10-19(27)6-7-22(17)34-13-16-4-3-5-18(26)9-16/h3-12H,13H2,1-2H3,(H,28,29,31)/b23-11-. The van der Waals surface area contributed by atoms with Gasteiger partial charge in [-0.15, -0.1) is 0 Å². The second-order valence-corrected chi connectivity index (χ2v) is 9.65. The summed E-state index contributed by atoms with van der Waals surface area (Å²) >= 11 is 13.4. The quantitative estimate of drug-likeness (QED) is 0.212. The lowest BCUT2D eigenvalue weighted by atomic mass is 10.1. The van der Waals surface area contributed by atoms with Crippen molar-refractivity contribution >= 4 is 63.5 Å². The first kappa shape index (κ1) is 24.8. The lowest BCUT2D eigenvalue weighted by molar-refractivity contribution is -0.385. The van der Waals surface area contributed by atoms with Crippen molar-refractivity contribution in [2.24, 2.45) is 4.99 Å². The highest BCUT2D eigenvalue weighted by atomic mass is 35.5. The highest BCUT2D eigenvalue weighted by molar-refractivity contribution is 8.18. The zero-order valence-corrected chi connectivity index (χ0v) is 21.0. The van der Waals surface area contributed by atoms with Gasteiger partial charge in [0.25, 0.3) is 11.6 Å². The minimum atomic E-state index is -0.443. The van der Waals surface area contributed by atoms with E-state index in [1.54, 1.807) is 50.3 Å². The van der Waals surface area contributed by atoms with Gasteiger partial charge in [-0.1, -0.05) is 35.3 Å². The fourth-order valence-corrected chi connectivity index (χ4v) is 4.59. The largest absolute Gasteiger partial charge is 0.488 e. The molecule has 0 unspecified atom stereocenters. The Hall–Kier alpha value is -3.33. The van der Waals surface area contributed by atoms with Crippen molar-refractivity contribution in [3.05, 3.63) is 102 Å². The summed E-state index contributed by atoms with van der Waals surface area (Å²) in [6.45, 7) is 3.76. The van der Waals surface area contributed by atoms with Crippen LogP contribution in [0.1, 0.15) is 22.3 Å². The van der Waals surface area contributed by atoms with Crippen LogP contribution >= 0.6 is 35.0 Å². The van der Waals surface area contributed by atoms with Crippen LogP contribution < -0.4 is 10.1 Å². The monoisotopic (exact) mass is 527 g/mol. The van der Waals surface area contributed by atoms with Gasteiger partial charge < -0.3 is 10.1 Å². The number of amidine groups is 1. The van der Waals surface area contributed by atoms with E-state index in [-0.39, 0.29) is 18.2 Å². The third kappa shape index (κ3) is 6.03. The molecule has 0 spiro atoms. The van der Waals surface area contributed by atoms with Crippen LogP contribution in [0.2, 0.25) is 10.0 Å². The number of nitro groups is 1. The number of thioether (sulfide) groups is 1. The third-order valence-electron chi connectivity index (χ3n) is 5.24. The lowest BCUT2D eigenvalue weighted by Gasteiger charge is -2.10. The summed E-state index contributed by atoms with van der Waals surface area (Å²) in [5.41, 5.74) is 3.21. The number of hydrogen-bond donors (Lipinski definition) is 1. The molecule has 4 rings (SSSR count). The molecule has 35 heavy (non-hydrogen) atoms. The van der Waals surface area contributed by atoms with Crippen molar-refractivity contribution in [3.63, 3.8) is 0 Å². The Kier molecular flexibility index (Phi) is 7.45. The van der Waals surface area contributed by atoms with Gasteiger partial charge in [-0.2, -0.15) is 0 Å². The summed E-state index contributed by atoms with van der Waals surface area (Å²) in [6.07, 6.45) is 1.67. The minimum absolute atomic E-state index is 0.0186. The van der Waals surface area contributed by atoms with Gasteiger partial charge in [0, 0.05) is 27.2 Å². The molecule has 1 heterocycles. The molecule has 7 nitrogen and oxygen atoms in total. The third-order valence-corrected chi connectivity index (χ3v) is 6.62. The maximum Gasteiger partial charge on any atom is 0.274 e. The van der Waals surface area contributed by atoms with Crippen LogP contribution in [-0.2, 0) is 11.4 Å². The molecule has 1 N–H and O–H groups in total. The van der Waals surface area contributed by atoms with Crippen LogP contribution in [0.15, 0.2) is 64.5 Å². The van der Waals surface area contributed by atoms with E-state index in [1.807, 2.05) is 18.2 Å². The first-order chi connectivity index (χ1) is 16.7. The van der Waals surface area contributed by atoms with Crippen LogP contribution in [0, 0.1) is 24.0 Å². The van der Waals surface area contributed by atoms with E-state index in [0.29, 0.717) is 42.7 Å². The molecule has 0 aromatic heterocycles. The number of aliphatic imine (C=N–C) groups is 1. The van der Waals surface area contributed by atoms with Crippen LogP contribution in [-0.4, -0.2) is 16.0 Å². The molecule has 0 bridgehead atoms. The van der Waals surface area contributed by atoms with Crippen LogP contribution in [0.3, 0.4) is 0 Å². The number of nitrogens with zero attached hydrogens (tertiary/aromatic N) is 2. The molecule has 0 aliphatic carbocycles. The fourth-order valence-electron chi connectivity index (χ4n) is 3.37. The van der Waals surface area contributed by atoms with Crippen molar-refractivity contribution in [1.82, 2.24) is 5.32 Å². The number of carbonyl (C=O) groups is 1. The van der Waals surface area contributed by atoms with E-state index in [0.717, 1.165) is 22.9 Å². The molecule has 1 aliphatic heterocycles. The molecule has 1 fully saturated rings. The first-order valence-electron chi connectivity index (χ1n) is 10.4. The van der Waals surface area contributed by atoms with Gasteiger partial charge in [-0.25, -0.2) is 4.99 Å². The molecule has 0 radical (unpaired) electrons. The Morgan fingerprint density at radius 1 is 1.11 bits per heavy atom. The zero-order chi connectivity index (χ0) is 25.1. The number of nitro benzene ring substituents is 1. The molecule has 0 saturated carbocycles. The molecule has 1 amide bonds. The Morgan fingerprint density at radius 3 is 2.63 bits per heavy atom. The lowest BCUT2D eigenvalue weighted by Crippen LogP contribution is -2.19. The molecule has 3 aromatic rings. The zero-order valence-electron chi connectivity index (χ0n) is 18.7. The molecular weight excluding hydrogens is 509 g/mol. The van der Waals surface area contributed by atoms with Gasteiger partial charge in [0.1, 0.15) is 12.4 Å². The van der Waals surface area contributed by atoms with Gasteiger partial charge in [0.05, 0.1) is 15.5 Å². The molecule has 10 heteroatoms. The summed E-state index contributed by atoms with van der Waals surface area (Å²) in [6, 6.07) is 15.6. The molecule has 178 valence electrons. The Balaban J connectivity index is 1.59. The van der Waals surface area contributed by atoms with E-state index in [1.165, 1.54) is 6.07 Å². The number of halogens is 2. The summed E-state index contributed by atoms with van der Waals surface area (Å²) < 4.78 is 5.96. The van der Waals surface area contributed by atoms with E-state index < -0.39 is 4.92 Å². The van der Waals surface area contributed by atoms with Crippen molar-refractivity contribution in [2.75, 3.05) is 0 Å². The predicted molar refractivity (Wildman–Crippen MR) is 141 cm³/mol. The predicted octanol–water partition coefficient (Wildman–Crippen LogP) is 6.99. The summed E-state index contributed by atoms with van der Waals surface area (Å²) in [5, 5.41) is 15.5. The van der Waals surface area contributed by atoms with Crippen molar-refractivity contribution in [3.8, 4) is 5.75 Å². The van der Waals surface area contributed by atoms with E-state index >= 15 is 0 Å². The highest BCUT2D eigenvalue weighted by Gasteiger charge is 2.25. The first-order valence-corrected chi connectivity index (χ1v) is 12.0. The number of aryl methyl sites for hydroxylation is 1. The van der Waals surface area contributed by atoms with E-state index in [2.05, 4.69) is 10.3 Å². The fraction of sp³-hybridized carbons (Fsp3) is 0.120. The number of rotatable bonds is 6. The second kappa shape index (κ2) is 10.5. The Morgan fingerprint density at radius 2 is 1.89 bits per heavy atom. The summed E-state index contributed by atoms with van der Waals surface area (Å²) in [4.78, 5) is 28.3. The number of hydrogen-bond acceptors (Lipinski definition) is 6. The van der Waals surface area contributed by atoms with Crippen molar-refractivity contribution in [2.45, 2.75) is 20.5 Å². The van der Waals surface area contributed by atoms with Gasteiger partial charge in [0.15, 0.2) is 5.17 Å². The van der Waals surface area contributed by atoms with Gasteiger partial charge in [0.2, 0.25) is 0 Å². The van der Waals surface area contributed by atoms with E-state index in [4.69, 9.17) is 27.9 Å².